The van der Waals surface area contributed by atoms with Crippen molar-refractivity contribution in [3.63, 3.8) is 0 Å². The van der Waals surface area contributed by atoms with Crippen LogP contribution < -0.4 is 4.72 Å². The van der Waals surface area contributed by atoms with E-state index in [-0.39, 0.29) is 12.6 Å². The van der Waals surface area contributed by atoms with E-state index in [1.807, 2.05) is 0 Å². The number of aliphatic hydroxyl groups is 1. The third-order valence-corrected chi connectivity index (χ3v) is 8.05. The summed E-state index contributed by atoms with van der Waals surface area (Å²) < 4.78 is 27.8. The van der Waals surface area contributed by atoms with Crippen LogP contribution in [0.1, 0.15) is 24.8 Å². The average molecular weight is 299 g/mol. The third kappa shape index (κ3) is 1.81. The summed E-state index contributed by atoms with van der Waals surface area (Å²) in [5, 5.41) is 10.7. The minimum absolute atomic E-state index is 0.106. The Morgan fingerprint density at radius 2 is 2.00 bits per heavy atom. The summed E-state index contributed by atoms with van der Waals surface area (Å²) in [5.41, 5.74) is 0.668. The minimum atomic E-state index is -3.39. The minimum Gasteiger partial charge on any atom is -0.392 e. The van der Waals surface area contributed by atoms with Crippen molar-refractivity contribution in [3.05, 3.63) is 17.0 Å². The predicted molar refractivity (Wildman–Crippen MR) is 72.2 cm³/mol. The molecule has 104 valence electrons. The van der Waals surface area contributed by atoms with E-state index in [1.54, 1.807) is 11.4 Å². The van der Waals surface area contributed by atoms with Gasteiger partial charge in [-0.05, 0) is 59.9 Å². The van der Waals surface area contributed by atoms with Crippen LogP contribution in [0.15, 0.2) is 15.7 Å². The van der Waals surface area contributed by atoms with Gasteiger partial charge >= 0.3 is 0 Å². The highest BCUT2D eigenvalue weighted by molar-refractivity contribution is 7.91. The summed E-state index contributed by atoms with van der Waals surface area (Å²) in [4.78, 5) is 0. The molecule has 0 aromatic carbocycles. The zero-order chi connectivity index (χ0) is 13.2. The maximum atomic E-state index is 12.3. The SMILES string of the molecule is O=S(=O)(NC1C2C3CCC(C3)C12)c1cc(CO)cs1. The Labute approximate surface area is 116 Å². The van der Waals surface area contributed by atoms with E-state index in [9.17, 15) is 8.42 Å². The fourth-order valence-electron chi connectivity index (χ4n) is 4.30. The molecule has 3 saturated carbocycles. The van der Waals surface area contributed by atoms with Gasteiger partial charge in [-0.25, -0.2) is 13.1 Å². The molecule has 2 N–H and O–H groups in total. The topological polar surface area (TPSA) is 66.4 Å². The molecule has 3 aliphatic rings. The summed E-state index contributed by atoms with van der Waals surface area (Å²) in [5.74, 6) is 2.73. The van der Waals surface area contributed by atoms with Gasteiger partial charge in [0.1, 0.15) is 4.21 Å². The molecule has 0 aliphatic heterocycles. The van der Waals surface area contributed by atoms with Gasteiger partial charge in [0.15, 0.2) is 0 Å². The number of hydrogen-bond acceptors (Lipinski definition) is 4. The lowest BCUT2D eigenvalue weighted by atomic mass is 10.0. The number of sulfonamides is 1. The van der Waals surface area contributed by atoms with E-state index in [2.05, 4.69) is 4.72 Å². The highest BCUT2D eigenvalue weighted by Crippen LogP contribution is 2.65. The van der Waals surface area contributed by atoms with Crippen LogP contribution in [0.4, 0.5) is 0 Å². The van der Waals surface area contributed by atoms with Crippen molar-refractivity contribution >= 4 is 21.4 Å². The van der Waals surface area contributed by atoms with Gasteiger partial charge < -0.3 is 5.11 Å². The maximum Gasteiger partial charge on any atom is 0.250 e. The Morgan fingerprint density at radius 1 is 1.32 bits per heavy atom. The van der Waals surface area contributed by atoms with Crippen molar-refractivity contribution in [1.82, 2.24) is 4.72 Å². The number of nitrogens with one attached hydrogen (secondary N) is 1. The Kier molecular flexibility index (Phi) is 2.62. The summed E-state index contributed by atoms with van der Waals surface area (Å²) in [6.45, 7) is -0.106. The van der Waals surface area contributed by atoms with Gasteiger partial charge in [-0.2, -0.15) is 0 Å². The smallest absolute Gasteiger partial charge is 0.250 e. The molecule has 0 saturated heterocycles. The van der Waals surface area contributed by atoms with Crippen LogP contribution in [-0.2, 0) is 16.6 Å². The van der Waals surface area contributed by atoms with Crippen molar-refractivity contribution in [3.8, 4) is 0 Å². The van der Waals surface area contributed by atoms with Gasteiger partial charge in [-0.15, -0.1) is 11.3 Å². The van der Waals surface area contributed by atoms with Crippen LogP contribution >= 0.6 is 11.3 Å². The van der Waals surface area contributed by atoms with Gasteiger partial charge in [-0.3, -0.25) is 0 Å². The molecule has 4 rings (SSSR count). The number of thiophene rings is 1. The molecular weight excluding hydrogens is 282 g/mol. The molecule has 3 aliphatic carbocycles. The average Bonchev–Trinajstić information content (AvgIpc) is 2.88. The van der Waals surface area contributed by atoms with Crippen LogP contribution in [-0.4, -0.2) is 19.6 Å². The zero-order valence-corrected chi connectivity index (χ0v) is 12.1. The van der Waals surface area contributed by atoms with Crippen molar-refractivity contribution in [1.29, 1.82) is 0 Å². The first kappa shape index (κ1) is 12.3. The van der Waals surface area contributed by atoms with Crippen LogP contribution in [0.2, 0.25) is 0 Å². The quantitative estimate of drug-likeness (QED) is 0.887. The van der Waals surface area contributed by atoms with Crippen LogP contribution in [0.25, 0.3) is 0 Å². The standard InChI is InChI=1S/C13H17NO3S2/c15-5-7-3-10(18-6-7)19(16,17)14-13-11-8-1-2-9(4-8)12(11)13/h3,6,8-9,11-15H,1-2,4-5H2. The molecule has 4 atom stereocenters. The summed E-state index contributed by atoms with van der Waals surface area (Å²) in [7, 11) is -3.39. The Bertz CT molecular complexity index is 593. The van der Waals surface area contributed by atoms with Crippen LogP contribution in [0.5, 0.6) is 0 Å². The molecule has 19 heavy (non-hydrogen) atoms. The monoisotopic (exact) mass is 299 g/mol. The first-order valence-corrected chi connectivity index (χ1v) is 9.17. The van der Waals surface area contributed by atoms with Gasteiger partial charge in [0.05, 0.1) is 6.61 Å². The van der Waals surface area contributed by atoms with E-state index in [0.717, 1.165) is 11.8 Å². The Hall–Kier alpha value is -0.430. The molecule has 2 bridgehead atoms. The van der Waals surface area contributed by atoms with Crippen molar-refractivity contribution in [2.75, 3.05) is 0 Å². The second kappa shape index (κ2) is 4.04. The predicted octanol–water partition coefficient (Wildman–Crippen LogP) is 1.56. The molecule has 0 radical (unpaired) electrons. The first-order chi connectivity index (χ1) is 9.10. The zero-order valence-electron chi connectivity index (χ0n) is 10.5. The highest BCUT2D eigenvalue weighted by atomic mass is 32.2. The van der Waals surface area contributed by atoms with Gasteiger partial charge in [0.2, 0.25) is 10.0 Å². The van der Waals surface area contributed by atoms with Gasteiger partial charge in [-0.1, -0.05) is 0 Å². The number of rotatable bonds is 4. The van der Waals surface area contributed by atoms with Gasteiger partial charge in [0.25, 0.3) is 0 Å². The number of fused-ring (bicyclic) bond motifs is 5. The van der Waals surface area contributed by atoms with Crippen LogP contribution in [0.3, 0.4) is 0 Å². The van der Waals surface area contributed by atoms with E-state index in [1.165, 1.54) is 30.6 Å². The second-order valence-corrected chi connectivity index (χ2v) is 8.92. The molecular formula is C13H17NO3S2. The summed E-state index contributed by atoms with van der Waals surface area (Å²) in [6.07, 6.45) is 3.90. The lowest BCUT2D eigenvalue weighted by Crippen LogP contribution is -2.29. The molecule has 1 heterocycles. The van der Waals surface area contributed by atoms with Crippen molar-refractivity contribution in [2.45, 2.75) is 36.1 Å². The van der Waals surface area contributed by atoms with E-state index in [0.29, 0.717) is 21.6 Å². The van der Waals surface area contributed by atoms with Crippen molar-refractivity contribution < 1.29 is 13.5 Å². The molecule has 0 amide bonds. The maximum absolute atomic E-state index is 12.3. The normalized spacial score (nSPS) is 39.5. The van der Waals surface area contributed by atoms with E-state index < -0.39 is 10.0 Å². The van der Waals surface area contributed by atoms with Gasteiger partial charge in [0, 0.05) is 6.04 Å². The lowest BCUT2D eigenvalue weighted by Gasteiger charge is -2.10. The highest BCUT2D eigenvalue weighted by Gasteiger charge is 2.65. The first-order valence-electron chi connectivity index (χ1n) is 6.81. The Balaban J connectivity index is 1.51. The largest absolute Gasteiger partial charge is 0.392 e. The molecule has 1 aromatic rings. The molecule has 0 spiro atoms. The molecule has 4 unspecified atom stereocenters. The summed E-state index contributed by atoms with van der Waals surface area (Å²) in [6, 6.07) is 1.75. The molecule has 1 aromatic heterocycles. The number of hydrogen-bond donors (Lipinski definition) is 2. The molecule has 6 heteroatoms. The fourth-order valence-corrected chi connectivity index (χ4v) is 6.82. The molecule has 4 nitrogen and oxygen atoms in total. The van der Waals surface area contributed by atoms with Crippen LogP contribution in [0, 0.1) is 23.7 Å². The van der Waals surface area contributed by atoms with E-state index in [4.69, 9.17) is 5.11 Å². The third-order valence-electron chi connectivity index (χ3n) is 5.10. The van der Waals surface area contributed by atoms with Crippen molar-refractivity contribution in [2.24, 2.45) is 23.7 Å². The summed E-state index contributed by atoms with van der Waals surface area (Å²) >= 11 is 1.19. The van der Waals surface area contributed by atoms with E-state index >= 15 is 0 Å². The second-order valence-electron chi connectivity index (χ2n) is 6.07. The molecule has 3 fully saturated rings. The Morgan fingerprint density at radius 3 is 2.58 bits per heavy atom. The lowest BCUT2D eigenvalue weighted by molar-refractivity contribution is 0.282. The number of aliphatic hydroxyl groups excluding tert-OH is 1. The fraction of sp³-hybridized carbons (Fsp3) is 0.692.